The van der Waals surface area contributed by atoms with Crippen LogP contribution in [0.25, 0.3) is 10.8 Å². The van der Waals surface area contributed by atoms with Gasteiger partial charge in [0.1, 0.15) is 11.5 Å². The lowest BCUT2D eigenvalue weighted by molar-refractivity contribution is -0.118. The third-order valence-corrected chi connectivity index (χ3v) is 5.58. The summed E-state index contributed by atoms with van der Waals surface area (Å²) in [6.07, 6.45) is 0. The fourth-order valence-corrected chi connectivity index (χ4v) is 3.98. The Morgan fingerprint density at radius 3 is 2.76 bits per heavy atom. The monoisotopic (exact) mass is 374 g/mol. The molecule has 0 aliphatic heterocycles. The molecular weight excluding hydrogens is 356 g/mol. The van der Waals surface area contributed by atoms with Gasteiger partial charge in [0.2, 0.25) is 11.8 Å². The van der Waals surface area contributed by atoms with E-state index in [-0.39, 0.29) is 17.4 Å². The summed E-state index contributed by atoms with van der Waals surface area (Å²) in [6.45, 7) is 2.23. The molecule has 0 fully saturated rings. The van der Waals surface area contributed by atoms with Crippen LogP contribution in [0.3, 0.4) is 0 Å². The number of aromatic nitrogens is 1. The van der Waals surface area contributed by atoms with Gasteiger partial charge in [-0.2, -0.15) is 0 Å². The predicted octanol–water partition coefficient (Wildman–Crippen LogP) is 3.28. The summed E-state index contributed by atoms with van der Waals surface area (Å²) < 4.78 is 17.9. The molecule has 0 unspecified atom stereocenters. The van der Waals surface area contributed by atoms with Crippen molar-refractivity contribution >= 4 is 28.0 Å². The van der Waals surface area contributed by atoms with E-state index < -0.39 is 10.8 Å². The normalized spacial score (nSPS) is 12.0. The van der Waals surface area contributed by atoms with E-state index in [2.05, 4.69) is 10.3 Å². The number of benzene rings is 1. The summed E-state index contributed by atoms with van der Waals surface area (Å²) >= 11 is 1.54. The van der Waals surface area contributed by atoms with E-state index in [0.717, 1.165) is 10.4 Å². The van der Waals surface area contributed by atoms with Crippen molar-refractivity contribution in [3.63, 3.8) is 0 Å². The van der Waals surface area contributed by atoms with Crippen molar-refractivity contribution in [2.45, 2.75) is 19.2 Å². The van der Waals surface area contributed by atoms with Gasteiger partial charge in [0.05, 0.1) is 16.3 Å². The Morgan fingerprint density at radius 2 is 2.04 bits per heavy atom. The maximum absolute atomic E-state index is 12.3. The van der Waals surface area contributed by atoms with Crippen molar-refractivity contribution in [1.82, 2.24) is 10.3 Å². The second-order valence-corrected chi connectivity index (χ2v) is 7.89. The molecule has 2 aromatic heterocycles. The number of hydrogen-bond donors (Lipinski definition) is 1. The average molecular weight is 374 g/mol. The fraction of sp³-hybridized carbons (Fsp3) is 0.222. The van der Waals surface area contributed by atoms with Crippen molar-refractivity contribution < 1.29 is 13.4 Å². The molecule has 0 aliphatic rings. The van der Waals surface area contributed by atoms with E-state index in [1.54, 1.807) is 6.92 Å². The summed E-state index contributed by atoms with van der Waals surface area (Å²) in [6, 6.07) is 13.5. The van der Waals surface area contributed by atoms with Gasteiger partial charge in [-0.1, -0.05) is 36.4 Å². The first-order chi connectivity index (χ1) is 12.1. The van der Waals surface area contributed by atoms with E-state index in [1.807, 2.05) is 47.8 Å². The Balaban J connectivity index is 1.53. The van der Waals surface area contributed by atoms with Crippen LogP contribution in [0.2, 0.25) is 0 Å². The van der Waals surface area contributed by atoms with Gasteiger partial charge >= 0.3 is 0 Å². The Bertz CT molecular complexity index is 858. The second-order valence-electron chi connectivity index (χ2n) is 5.49. The molecule has 1 atom stereocenters. The van der Waals surface area contributed by atoms with Crippen LogP contribution in [0.5, 0.6) is 0 Å². The lowest BCUT2D eigenvalue weighted by Gasteiger charge is -2.05. The topological polar surface area (TPSA) is 72.2 Å². The third kappa shape index (κ3) is 4.87. The minimum absolute atomic E-state index is 0.0481. The number of nitrogens with one attached hydrogen (secondary N) is 1. The first-order valence-electron chi connectivity index (χ1n) is 7.77. The molecule has 7 heteroatoms. The molecule has 2 heterocycles. The van der Waals surface area contributed by atoms with E-state index in [4.69, 9.17) is 4.42 Å². The molecule has 3 rings (SSSR count). The molecule has 0 aliphatic carbocycles. The summed E-state index contributed by atoms with van der Waals surface area (Å²) in [7, 11) is -1.33. The zero-order valence-corrected chi connectivity index (χ0v) is 15.4. The number of carbonyl (C=O) groups excluding carboxylic acids is 1. The van der Waals surface area contributed by atoms with E-state index in [9.17, 15) is 9.00 Å². The first-order valence-corrected chi connectivity index (χ1v) is 10.1. The van der Waals surface area contributed by atoms with Gasteiger partial charge in [-0.15, -0.1) is 11.3 Å². The average Bonchev–Trinajstić information content (AvgIpc) is 3.24. The van der Waals surface area contributed by atoms with Gasteiger partial charge in [0, 0.05) is 17.3 Å². The van der Waals surface area contributed by atoms with Gasteiger partial charge in [0.15, 0.2) is 0 Å². The molecule has 5 nitrogen and oxygen atoms in total. The van der Waals surface area contributed by atoms with Crippen LogP contribution in [-0.2, 0) is 27.9 Å². The van der Waals surface area contributed by atoms with Crippen molar-refractivity contribution in [1.29, 1.82) is 0 Å². The number of thiophene rings is 1. The zero-order valence-electron chi connectivity index (χ0n) is 13.7. The highest BCUT2D eigenvalue weighted by Gasteiger charge is 2.16. The number of carbonyl (C=O) groups is 1. The Morgan fingerprint density at radius 1 is 1.24 bits per heavy atom. The van der Waals surface area contributed by atoms with Crippen LogP contribution in [0.4, 0.5) is 0 Å². The van der Waals surface area contributed by atoms with Crippen LogP contribution in [-0.4, -0.2) is 20.9 Å². The number of hydrogen-bond acceptors (Lipinski definition) is 5. The van der Waals surface area contributed by atoms with E-state index >= 15 is 0 Å². The van der Waals surface area contributed by atoms with Crippen LogP contribution >= 0.6 is 11.3 Å². The number of amides is 1. The number of rotatable bonds is 7. The third-order valence-electron chi connectivity index (χ3n) is 3.55. The van der Waals surface area contributed by atoms with Gasteiger partial charge in [-0.3, -0.25) is 9.00 Å². The summed E-state index contributed by atoms with van der Waals surface area (Å²) in [4.78, 5) is 17.3. The van der Waals surface area contributed by atoms with E-state index in [1.165, 1.54) is 11.3 Å². The van der Waals surface area contributed by atoms with Crippen LogP contribution in [0, 0.1) is 6.92 Å². The molecule has 0 saturated carbocycles. The summed E-state index contributed by atoms with van der Waals surface area (Å²) in [5.74, 6) is 1.10. The zero-order chi connectivity index (χ0) is 17.6. The highest BCUT2D eigenvalue weighted by atomic mass is 32.2. The van der Waals surface area contributed by atoms with E-state index in [0.29, 0.717) is 23.9 Å². The van der Waals surface area contributed by atoms with Crippen LogP contribution in [0.15, 0.2) is 52.3 Å². The Hall–Kier alpha value is -2.25. The maximum atomic E-state index is 12.3. The molecule has 0 bridgehead atoms. The fourth-order valence-electron chi connectivity index (χ4n) is 2.26. The predicted molar refractivity (Wildman–Crippen MR) is 99.6 cm³/mol. The quantitative estimate of drug-likeness (QED) is 0.689. The summed E-state index contributed by atoms with van der Waals surface area (Å²) in [5.41, 5.74) is 1.65. The number of oxazole rings is 1. The molecule has 1 aromatic carbocycles. The molecule has 3 aromatic rings. The van der Waals surface area contributed by atoms with Crippen LogP contribution in [0.1, 0.15) is 17.0 Å². The molecule has 130 valence electrons. The minimum atomic E-state index is -1.33. The maximum Gasteiger partial charge on any atom is 0.236 e. The lowest BCUT2D eigenvalue weighted by atomic mass is 10.2. The van der Waals surface area contributed by atoms with Gasteiger partial charge in [-0.05, 0) is 23.9 Å². The standard InChI is InChI=1S/C18H18N2O3S2/c1-13-15(20-18(23-13)16-8-5-9-24-16)11-25(22)12-17(21)19-10-14-6-3-2-4-7-14/h2-9H,10-12H2,1H3,(H,19,21)/t25-/m0/s1. The van der Waals surface area contributed by atoms with Crippen molar-refractivity contribution in [2.24, 2.45) is 0 Å². The van der Waals surface area contributed by atoms with Crippen molar-refractivity contribution in [2.75, 3.05) is 5.75 Å². The van der Waals surface area contributed by atoms with Crippen LogP contribution < -0.4 is 5.32 Å². The molecule has 0 saturated heterocycles. The summed E-state index contributed by atoms with van der Waals surface area (Å²) in [5, 5.41) is 4.73. The highest BCUT2D eigenvalue weighted by Crippen LogP contribution is 2.26. The smallest absolute Gasteiger partial charge is 0.236 e. The first kappa shape index (κ1) is 17.6. The van der Waals surface area contributed by atoms with Crippen molar-refractivity contribution in [3.05, 3.63) is 64.9 Å². The second kappa shape index (κ2) is 8.22. The largest absolute Gasteiger partial charge is 0.440 e. The van der Waals surface area contributed by atoms with Crippen molar-refractivity contribution in [3.8, 4) is 10.8 Å². The van der Waals surface area contributed by atoms with Gasteiger partial charge in [0.25, 0.3) is 0 Å². The number of nitrogens with zero attached hydrogens (tertiary/aromatic N) is 1. The Labute approximate surface area is 152 Å². The minimum Gasteiger partial charge on any atom is -0.440 e. The Kier molecular flexibility index (Phi) is 5.78. The molecule has 0 radical (unpaired) electrons. The van der Waals surface area contributed by atoms with Gasteiger partial charge in [-0.25, -0.2) is 4.98 Å². The molecule has 25 heavy (non-hydrogen) atoms. The molecule has 1 N–H and O–H groups in total. The lowest BCUT2D eigenvalue weighted by Crippen LogP contribution is -2.28. The number of aryl methyl sites for hydroxylation is 1. The molecule has 1 amide bonds. The SMILES string of the molecule is Cc1oc(-c2cccs2)nc1C[S@](=O)CC(=O)NCc1ccccc1. The molecular formula is C18H18N2O3S2. The highest BCUT2D eigenvalue weighted by molar-refractivity contribution is 7.84. The van der Waals surface area contributed by atoms with Gasteiger partial charge < -0.3 is 9.73 Å². The molecule has 0 spiro atoms.